The van der Waals surface area contributed by atoms with Crippen LogP contribution in [0, 0.1) is 6.92 Å². The van der Waals surface area contributed by atoms with Crippen molar-refractivity contribution in [3.05, 3.63) is 77.7 Å². The lowest BCUT2D eigenvalue weighted by Crippen LogP contribution is -2.12. The molecule has 0 spiro atoms. The zero-order chi connectivity index (χ0) is 17.9. The summed E-state index contributed by atoms with van der Waals surface area (Å²) in [5.41, 5.74) is 1.44. The van der Waals surface area contributed by atoms with E-state index in [2.05, 4.69) is 19.1 Å². The van der Waals surface area contributed by atoms with Crippen molar-refractivity contribution in [2.45, 2.75) is 11.8 Å². The van der Waals surface area contributed by atoms with Gasteiger partial charge in [-0.2, -0.15) is 0 Å². The van der Waals surface area contributed by atoms with Gasteiger partial charge in [-0.25, -0.2) is 12.4 Å². The first kappa shape index (κ1) is 15.6. The highest BCUT2D eigenvalue weighted by molar-refractivity contribution is 7.90. The zero-order valence-electron chi connectivity index (χ0n) is 14.0. The van der Waals surface area contributed by atoms with Gasteiger partial charge < -0.3 is 0 Å². The number of hydrogen-bond acceptors (Lipinski definition) is 3. The third-order valence-electron chi connectivity index (χ3n) is 4.67. The number of hydrogen-bond donors (Lipinski definition) is 0. The largest absolute Gasteiger partial charge is 0.268 e. The van der Waals surface area contributed by atoms with Crippen LogP contribution in [-0.2, 0) is 10.0 Å². The van der Waals surface area contributed by atoms with E-state index in [-0.39, 0.29) is 0 Å². The second-order valence-corrected chi connectivity index (χ2v) is 9.44. The topological polar surface area (TPSA) is 39.1 Å². The Balaban J connectivity index is 1.98. The van der Waals surface area contributed by atoms with Crippen LogP contribution in [0.5, 0.6) is 0 Å². The van der Waals surface area contributed by atoms with Gasteiger partial charge >= 0.3 is 0 Å². The maximum Gasteiger partial charge on any atom is 0.268 e. The number of para-hydroxylation sites is 1. The van der Waals surface area contributed by atoms with E-state index < -0.39 is 10.0 Å². The van der Waals surface area contributed by atoms with Gasteiger partial charge in [0.1, 0.15) is 0 Å². The number of aromatic nitrogens is 1. The van der Waals surface area contributed by atoms with Crippen LogP contribution in [0.1, 0.15) is 4.88 Å². The minimum atomic E-state index is -3.69. The molecule has 0 aliphatic rings. The third-order valence-corrected chi connectivity index (χ3v) is 7.43. The zero-order valence-corrected chi connectivity index (χ0v) is 15.6. The van der Waals surface area contributed by atoms with Crippen molar-refractivity contribution in [2.75, 3.05) is 0 Å². The molecule has 0 saturated heterocycles. The van der Waals surface area contributed by atoms with Gasteiger partial charge in [0.05, 0.1) is 15.9 Å². The second-order valence-electron chi connectivity index (χ2n) is 6.36. The van der Waals surface area contributed by atoms with Gasteiger partial charge in [0.15, 0.2) is 0 Å². The van der Waals surface area contributed by atoms with Crippen LogP contribution in [0.15, 0.2) is 77.7 Å². The summed E-state index contributed by atoms with van der Waals surface area (Å²) in [5, 5.41) is 3.07. The monoisotopic (exact) mass is 377 g/mol. The average Bonchev–Trinajstić information content (AvgIpc) is 3.16. The molecule has 0 fully saturated rings. The molecule has 0 aliphatic heterocycles. The van der Waals surface area contributed by atoms with E-state index in [4.69, 9.17) is 0 Å². The Bertz CT molecular complexity index is 1390. The first-order valence-corrected chi connectivity index (χ1v) is 10.6. The van der Waals surface area contributed by atoms with Crippen molar-refractivity contribution in [3.63, 3.8) is 0 Å². The van der Waals surface area contributed by atoms with Crippen LogP contribution in [0.25, 0.3) is 31.9 Å². The van der Waals surface area contributed by atoms with E-state index in [1.165, 1.54) is 8.85 Å². The van der Waals surface area contributed by atoms with E-state index in [9.17, 15) is 8.42 Å². The Labute approximate surface area is 155 Å². The van der Waals surface area contributed by atoms with E-state index in [1.54, 1.807) is 35.6 Å². The number of thiophene rings is 1. The van der Waals surface area contributed by atoms with Crippen molar-refractivity contribution in [2.24, 2.45) is 0 Å². The first-order chi connectivity index (χ1) is 12.6. The van der Waals surface area contributed by atoms with Crippen LogP contribution < -0.4 is 0 Å². The van der Waals surface area contributed by atoms with Crippen molar-refractivity contribution in [1.82, 2.24) is 3.97 Å². The van der Waals surface area contributed by atoms with Crippen molar-refractivity contribution in [1.29, 1.82) is 0 Å². The molecule has 0 aliphatic carbocycles. The summed E-state index contributed by atoms with van der Waals surface area (Å²) in [6.07, 6.45) is 0. The molecule has 5 heteroatoms. The highest BCUT2D eigenvalue weighted by atomic mass is 32.2. The molecule has 0 bridgehead atoms. The Hall–Kier alpha value is -2.63. The van der Waals surface area contributed by atoms with E-state index in [1.807, 2.05) is 36.4 Å². The summed E-state index contributed by atoms with van der Waals surface area (Å²) >= 11 is 1.68. The Kier molecular flexibility index (Phi) is 3.26. The van der Waals surface area contributed by atoms with Gasteiger partial charge in [-0.3, -0.25) is 0 Å². The molecule has 0 N–H and O–H groups in total. The standard InChI is InChI=1S/C21H15NO2S2/c1-14-11-15-12-18-17-9-5-6-10-19(17)22(20(18)13-21(15)25-14)26(23,24)16-7-3-2-4-8-16/h2-13H,1H3. The predicted molar refractivity (Wildman–Crippen MR) is 109 cm³/mol. The fraction of sp³-hybridized carbons (Fsp3) is 0.0476. The van der Waals surface area contributed by atoms with Gasteiger partial charge in [0.25, 0.3) is 10.0 Å². The summed E-state index contributed by atoms with van der Waals surface area (Å²) in [6, 6.07) is 22.6. The lowest BCUT2D eigenvalue weighted by atomic mass is 10.1. The average molecular weight is 377 g/mol. The van der Waals surface area contributed by atoms with Gasteiger partial charge in [-0.05, 0) is 48.7 Å². The summed E-state index contributed by atoms with van der Waals surface area (Å²) in [6.45, 7) is 2.07. The highest BCUT2D eigenvalue weighted by Crippen LogP contribution is 2.37. The van der Waals surface area contributed by atoms with Crippen molar-refractivity contribution >= 4 is 53.3 Å². The van der Waals surface area contributed by atoms with E-state index in [0.29, 0.717) is 10.4 Å². The fourth-order valence-electron chi connectivity index (χ4n) is 3.56. The molecule has 0 saturated carbocycles. The van der Waals surface area contributed by atoms with Gasteiger partial charge in [-0.1, -0.05) is 36.4 Å². The molecular formula is C21H15NO2S2. The van der Waals surface area contributed by atoms with Crippen LogP contribution in [0.4, 0.5) is 0 Å². The lowest BCUT2D eigenvalue weighted by molar-refractivity contribution is 0.590. The van der Waals surface area contributed by atoms with Crippen LogP contribution in [0.2, 0.25) is 0 Å². The molecule has 128 valence electrons. The summed E-state index contributed by atoms with van der Waals surface area (Å²) < 4.78 is 29.4. The van der Waals surface area contributed by atoms with Crippen molar-refractivity contribution in [3.8, 4) is 0 Å². The van der Waals surface area contributed by atoms with Gasteiger partial charge in [0, 0.05) is 20.3 Å². The van der Waals surface area contributed by atoms with Crippen molar-refractivity contribution < 1.29 is 8.42 Å². The van der Waals surface area contributed by atoms with E-state index >= 15 is 0 Å². The van der Waals surface area contributed by atoms with E-state index in [0.717, 1.165) is 26.4 Å². The molecule has 26 heavy (non-hydrogen) atoms. The molecule has 0 unspecified atom stereocenters. The first-order valence-electron chi connectivity index (χ1n) is 8.30. The van der Waals surface area contributed by atoms with Gasteiger partial charge in [-0.15, -0.1) is 11.3 Å². The summed E-state index contributed by atoms with van der Waals surface area (Å²) in [4.78, 5) is 1.51. The SMILES string of the molecule is Cc1cc2cc3c4ccccc4n(S(=O)(=O)c4ccccc4)c3cc2s1. The lowest BCUT2D eigenvalue weighted by Gasteiger charge is -2.09. The molecule has 2 heterocycles. The minimum absolute atomic E-state index is 0.296. The second kappa shape index (κ2) is 5.43. The molecule has 5 aromatic rings. The van der Waals surface area contributed by atoms with Gasteiger partial charge in [0.2, 0.25) is 0 Å². The maximum absolute atomic E-state index is 13.4. The number of fused-ring (bicyclic) bond motifs is 4. The fourth-order valence-corrected chi connectivity index (χ4v) is 6.04. The van der Waals surface area contributed by atoms with Crippen LogP contribution in [0.3, 0.4) is 0 Å². The predicted octanol–water partition coefficient (Wildman–Crippen LogP) is 5.55. The smallest absolute Gasteiger partial charge is 0.233 e. The Morgan fingerprint density at radius 2 is 1.54 bits per heavy atom. The number of nitrogens with zero attached hydrogens (tertiary/aromatic N) is 1. The third kappa shape index (κ3) is 2.14. The molecular weight excluding hydrogens is 362 g/mol. The molecule has 3 nitrogen and oxygen atoms in total. The number of benzene rings is 3. The number of aryl methyl sites for hydroxylation is 1. The maximum atomic E-state index is 13.4. The molecule has 5 rings (SSSR count). The Morgan fingerprint density at radius 1 is 0.808 bits per heavy atom. The quantitative estimate of drug-likeness (QED) is 0.404. The normalized spacial score (nSPS) is 12.3. The molecule has 0 radical (unpaired) electrons. The minimum Gasteiger partial charge on any atom is -0.233 e. The molecule has 2 aromatic heterocycles. The summed E-state index contributed by atoms with van der Waals surface area (Å²) in [7, 11) is -3.69. The van der Waals surface area contributed by atoms with Crippen LogP contribution in [-0.4, -0.2) is 12.4 Å². The molecule has 0 amide bonds. The molecule has 3 aromatic carbocycles. The Morgan fingerprint density at radius 3 is 2.35 bits per heavy atom. The highest BCUT2D eigenvalue weighted by Gasteiger charge is 2.23. The number of rotatable bonds is 2. The summed E-state index contributed by atoms with van der Waals surface area (Å²) in [5.74, 6) is 0. The molecule has 0 atom stereocenters. The van der Waals surface area contributed by atoms with Crippen LogP contribution >= 0.6 is 11.3 Å².